The van der Waals surface area contributed by atoms with Gasteiger partial charge in [-0.2, -0.15) is 0 Å². The SMILES string of the molecule is CN(CC(=O)c1nccs1)CC1CCN(C(=O)OC(C)(C)C)CC1. The molecule has 0 unspecified atom stereocenters. The Labute approximate surface area is 147 Å². The van der Waals surface area contributed by atoms with Crippen LogP contribution in [0.25, 0.3) is 0 Å². The number of rotatable bonds is 5. The van der Waals surface area contributed by atoms with Crippen LogP contribution in [0.5, 0.6) is 0 Å². The van der Waals surface area contributed by atoms with Crippen molar-refractivity contribution in [1.29, 1.82) is 0 Å². The zero-order valence-corrected chi connectivity index (χ0v) is 15.8. The topological polar surface area (TPSA) is 62.7 Å². The number of likely N-dealkylation sites (N-methyl/N-ethyl adjacent to an activating group) is 1. The molecule has 0 aliphatic carbocycles. The molecule has 0 saturated carbocycles. The summed E-state index contributed by atoms with van der Waals surface area (Å²) in [6.45, 7) is 8.32. The van der Waals surface area contributed by atoms with Crippen molar-refractivity contribution in [2.45, 2.75) is 39.2 Å². The zero-order valence-electron chi connectivity index (χ0n) is 14.9. The van der Waals surface area contributed by atoms with Crippen molar-refractivity contribution in [1.82, 2.24) is 14.8 Å². The molecule has 1 aliphatic rings. The minimum absolute atomic E-state index is 0.0682. The normalized spacial score (nSPS) is 16.5. The highest BCUT2D eigenvalue weighted by molar-refractivity contribution is 7.11. The number of Topliss-reactive ketones (excluding diaryl/α,β-unsaturated/α-hetero) is 1. The van der Waals surface area contributed by atoms with Crippen LogP contribution in [0.4, 0.5) is 4.79 Å². The van der Waals surface area contributed by atoms with E-state index in [0.717, 1.165) is 19.4 Å². The molecule has 1 aliphatic heterocycles. The van der Waals surface area contributed by atoms with E-state index in [1.165, 1.54) is 11.3 Å². The summed E-state index contributed by atoms with van der Waals surface area (Å²) in [6.07, 6.45) is 3.31. The summed E-state index contributed by atoms with van der Waals surface area (Å²) in [5.41, 5.74) is -0.454. The number of piperidine rings is 1. The Hall–Kier alpha value is -1.47. The first-order chi connectivity index (χ1) is 11.2. The first-order valence-electron chi connectivity index (χ1n) is 8.34. The molecule has 0 bridgehead atoms. The second-order valence-corrected chi connectivity index (χ2v) is 8.26. The lowest BCUT2D eigenvalue weighted by Crippen LogP contribution is -2.43. The molecule has 0 spiro atoms. The van der Waals surface area contributed by atoms with Crippen LogP contribution >= 0.6 is 11.3 Å². The third-order valence-corrected chi connectivity index (χ3v) is 4.73. The molecule has 0 radical (unpaired) electrons. The third kappa shape index (κ3) is 5.87. The lowest BCUT2D eigenvalue weighted by molar-refractivity contribution is 0.0174. The lowest BCUT2D eigenvalue weighted by atomic mass is 9.96. The Morgan fingerprint density at radius 2 is 2.04 bits per heavy atom. The third-order valence-electron chi connectivity index (χ3n) is 3.92. The summed E-state index contributed by atoms with van der Waals surface area (Å²) in [5, 5.41) is 2.39. The number of hydrogen-bond acceptors (Lipinski definition) is 6. The number of aromatic nitrogens is 1. The number of ketones is 1. The van der Waals surface area contributed by atoms with Gasteiger partial charge in [-0.05, 0) is 46.6 Å². The van der Waals surface area contributed by atoms with E-state index in [-0.39, 0.29) is 11.9 Å². The fourth-order valence-electron chi connectivity index (χ4n) is 2.80. The number of likely N-dealkylation sites (tertiary alicyclic amines) is 1. The summed E-state index contributed by atoms with van der Waals surface area (Å²) >= 11 is 1.38. The van der Waals surface area contributed by atoms with Crippen molar-refractivity contribution in [3.63, 3.8) is 0 Å². The highest BCUT2D eigenvalue weighted by Gasteiger charge is 2.27. The number of nitrogens with zero attached hydrogens (tertiary/aromatic N) is 3. The number of hydrogen-bond donors (Lipinski definition) is 0. The zero-order chi connectivity index (χ0) is 17.7. The molecule has 2 rings (SSSR count). The van der Waals surface area contributed by atoms with Gasteiger partial charge >= 0.3 is 6.09 Å². The number of thiazole rings is 1. The van der Waals surface area contributed by atoms with Crippen LogP contribution in [0.15, 0.2) is 11.6 Å². The van der Waals surface area contributed by atoms with Crippen molar-refractivity contribution in [2.75, 3.05) is 33.2 Å². The molecule has 1 amide bonds. The quantitative estimate of drug-likeness (QED) is 0.762. The molecule has 2 heterocycles. The Bertz CT molecular complexity index is 546. The average Bonchev–Trinajstić information content (AvgIpc) is 3.00. The van der Waals surface area contributed by atoms with E-state index in [4.69, 9.17) is 4.74 Å². The smallest absolute Gasteiger partial charge is 0.410 e. The van der Waals surface area contributed by atoms with Crippen molar-refractivity contribution in [3.05, 3.63) is 16.6 Å². The van der Waals surface area contributed by atoms with Gasteiger partial charge in [-0.25, -0.2) is 9.78 Å². The molecule has 1 fully saturated rings. The van der Waals surface area contributed by atoms with Gasteiger partial charge in [0.15, 0.2) is 5.01 Å². The fraction of sp³-hybridized carbons (Fsp3) is 0.706. The number of amides is 1. The van der Waals surface area contributed by atoms with E-state index in [2.05, 4.69) is 9.88 Å². The molecule has 1 saturated heterocycles. The summed E-state index contributed by atoms with van der Waals surface area (Å²) in [7, 11) is 1.96. The molecule has 0 atom stereocenters. The van der Waals surface area contributed by atoms with Crippen LogP contribution in [-0.2, 0) is 4.74 Å². The Morgan fingerprint density at radius 3 is 2.58 bits per heavy atom. The predicted molar refractivity (Wildman–Crippen MR) is 94.5 cm³/mol. The Balaban J connectivity index is 1.72. The first kappa shape index (κ1) is 18.9. The van der Waals surface area contributed by atoms with Gasteiger partial charge in [0, 0.05) is 31.2 Å². The monoisotopic (exact) mass is 353 g/mol. The highest BCUT2D eigenvalue weighted by Crippen LogP contribution is 2.20. The van der Waals surface area contributed by atoms with Gasteiger partial charge in [-0.1, -0.05) is 0 Å². The predicted octanol–water partition coefficient (Wildman–Crippen LogP) is 2.90. The van der Waals surface area contributed by atoms with Gasteiger partial charge in [-0.3, -0.25) is 9.69 Å². The number of carbonyl (C=O) groups is 2. The van der Waals surface area contributed by atoms with E-state index < -0.39 is 5.60 Å². The van der Waals surface area contributed by atoms with E-state index in [1.807, 2.05) is 33.2 Å². The van der Waals surface area contributed by atoms with Crippen LogP contribution in [-0.4, -0.2) is 65.5 Å². The van der Waals surface area contributed by atoms with Crippen molar-refractivity contribution in [2.24, 2.45) is 5.92 Å². The maximum atomic E-state index is 12.1. The number of carbonyl (C=O) groups excluding carboxylic acids is 2. The minimum Gasteiger partial charge on any atom is -0.444 e. The van der Waals surface area contributed by atoms with Crippen LogP contribution < -0.4 is 0 Å². The maximum absolute atomic E-state index is 12.1. The Kier molecular flexibility index (Phi) is 6.34. The van der Waals surface area contributed by atoms with Crippen LogP contribution in [0, 0.1) is 5.92 Å². The van der Waals surface area contributed by atoms with Gasteiger partial charge in [0.25, 0.3) is 0 Å². The van der Waals surface area contributed by atoms with E-state index in [1.54, 1.807) is 11.1 Å². The van der Waals surface area contributed by atoms with Gasteiger partial charge in [0.2, 0.25) is 5.78 Å². The molecular formula is C17H27N3O3S. The van der Waals surface area contributed by atoms with Gasteiger partial charge in [0.05, 0.1) is 6.54 Å². The van der Waals surface area contributed by atoms with Crippen LogP contribution in [0.3, 0.4) is 0 Å². The molecule has 24 heavy (non-hydrogen) atoms. The second-order valence-electron chi connectivity index (χ2n) is 7.37. The molecule has 1 aromatic heterocycles. The molecule has 6 nitrogen and oxygen atoms in total. The summed E-state index contributed by atoms with van der Waals surface area (Å²) in [5.74, 6) is 0.566. The second kappa shape index (κ2) is 8.07. The van der Waals surface area contributed by atoms with Crippen LogP contribution in [0.2, 0.25) is 0 Å². The van der Waals surface area contributed by atoms with Crippen molar-refractivity contribution < 1.29 is 14.3 Å². The fourth-order valence-corrected chi connectivity index (χ4v) is 3.37. The molecule has 134 valence electrons. The molecule has 0 aromatic carbocycles. The lowest BCUT2D eigenvalue weighted by Gasteiger charge is -2.34. The van der Waals surface area contributed by atoms with Crippen molar-refractivity contribution >= 4 is 23.2 Å². The van der Waals surface area contributed by atoms with Gasteiger partial charge < -0.3 is 9.64 Å². The number of ether oxygens (including phenoxy) is 1. The van der Waals surface area contributed by atoms with E-state index >= 15 is 0 Å². The standard InChI is InChI=1S/C17H27N3O3S/c1-17(2,3)23-16(22)20-8-5-13(6-9-20)11-19(4)12-14(21)15-18-7-10-24-15/h7,10,13H,5-6,8-9,11-12H2,1-4H3. The van der Waals surface area contributed by atoms with Gasteiger partial charge in [-0.15, -0.1) is 11.3 Å². The molecule has 7 heteroatoms. The summed E-state index contributed by atoms with van der Waals surface area (Å²) in [6, 6.07) is 0. The Morgan fingerprint density at radius 1 is 1.38 bits per heavy atom. The first-order valence-corrected chi connectivity index (χ1v) is 9.22. The molecule has 1 aromatic rings. The average molecular weight is 353 g/mol. The minimum atomic E-state index is -0.454. The van der Waals surface area contributed by atoms with E-state index in [0.29, 0.717) is 30.6 Å². The summed E-state index contributed by atoms with van der Waals surface area (Å²) < 4.78 is 5.41. The van der Waals surface area contributed by atoms with Gasteiger partial charge in [0.1, 0.15) is 5.60 Å². The van der Waals surface area contributed by atoms with Crippen molar-refractivity contribution in [3.8, 4) is 0 Å². The van der Waals surface area contributed by atoms with E-state index in [9.17, 15) is 9.59 Å². The highest BCUT2D eigenvalue weighted by atomic mass is 32.1. The molecular weight excluding hydrogens is 326 g/mol. The summed E-state index contributed by atoms with van der Waals surface area (Å²) in [4.78, 5) is 32.0. The maximum Gasteiger partial charge on any atom is 0.410 e. The molecule has 0 N–H and O–H groups in total. The largest absolute Gasteiger partial charge is 0.444 e. The van der Waals surface area contributed by atoms with Crippen LogP contribution in [0.1, 0.15) is 43.4 Å².